The normalized spacial score (nSPS) is 39.9. The Balaban J connectivity index is 2.64. The van der Waals surface area contributed by atoms with Gasteiger partial charge in [0.25, 0.3) is 0 Å². The average Bonchev–Trinajstić information content (AvgIpc) is 1.95. The third kappa shape index (κ3) is 2.02. The Labute approximate surface area is 71.9 Å². The number of terminal acetylenes is 1. The van der Waals surface area contributed by atoms with E-state index in [-0.39, 0.29) is 5.92 Å². The molecule has 2 atom stereocenters. The lowest BCUT2D eigenvalue weighted by molar-refractivity contribution is 0.450. The van der Waals surface area contributed by atoms with Crippen molar-refractivity contribution in [1.29, 1.82) is 0 Å². The Morgan fingerprint density at radius 3 is 2.91 bits per heavy atom. The molecule has 62 valence electrons. The molecule has 0 aliphatic carbocycles. The highest BCUT2D eigenvalue weighted by atomic mass is 32.7. The summed E-state index contributed by atoms with van der Waals surface area (Å²) < 4.78 is 13.5. The van der Waals surface area contributed by atoms with Crippen molar-refractivity contribution >= 4 is 17.9 Å². The molecule has 0 spiro atoms. The molecular weight excluding hydrogens is 177 g/mol. The van der Waals surface area contributed by atoms with Gasteiger partial charge in [-0.25, -0.2) is 4.67 Å². The molecule has 11 heavy (non-hydrogen) atoms. The first-order valence-electron chi connectivity index (χ1n) is 3.46. The summed E-state index contributed by atoms with van der Waals surface area (Å²) in [7, 11) is 1.87. The number of hydrogen-bond donors (Lipinski definition) is 0. The predicted octanol–water partition coefficient (Wildman–Crippen LogP) is 1.74. The highest BCUT2D eigenvalue weighted by Crippen LogP contribution is 2.60. The Bertz CT molecular complexity index is 235. The molecule has 1 heterocycles. The molecule has 1 rings (SSSR count). The molecular formula is C7H12NOPS. The topological polar surface area (TPSA) is 20.3 Å². The molecule has 1 aliphatic rings. The minimum atomic E-state index is -2.07. The van der Waals surface area contributed by atoms with Gasteiger partial charge in [-0.2, -0.15) is 0 Å². The lowest BCUT2D eigenvalue weighted by atomic mass is 10.2. The minimum Gasteiger partial charge on any atom is -0.295 e. The maximum absolute atomic E-state index is 11.6. The first-order valence-corrected chi connectivity index (χ1v) is 7.16. The van der Waals surface area contributed by atoms with Crippen molar-refractivity contribution in [2.45, 2.75) is 0 Å². The SMILES string of the molecule is C#CC1CSP(C)(=O)N(C)C1. The monoisotopic (exact) mass is 189 g/mol. The lowest BCUT2D eigenvalue weighted by Gasteiger charge is -2.31. The Kier molecular flexibility index (Phi) is 2.70. The Morgan fingerprint density at radius 2 is 2.45 bits per heavy atom. The van der Waals surface area contributed by atoms with Gasteiger partial charge in [0.1, 0.15) is 0 Å². The average molecular weight is 189 g/mol. The van der Waals surface area contributed by atoms with Crippen molar-refractivity contribution in [3.63, 3.8) is 0 Å². The second kappa shape index (κ2) is 3.23. The first kappa shape index (κ1) is 9.19. The van der Waals surface area contributed by atoms with Gasteiger partial charge in [-0.3, -0.25) is 4.57 Å². The Morgan fingerprint density at radius 1 is 1.82 bits per heavy atom. The molecule has 1 saturated heterocycles. The van der Waals surface area contributed by atoms with Gasteiger partial charge in [0.05, 0.1) is 0 Å². The quantitative estimate of drug-likeness (QED) is 0.427. The van der Waals surface area contributed by atoms with Gasteiger partial charge in [-0.15, -0.1) is 12.3 Å². The van der Waals surface area contributed by atoms with Gasteiger partial charge in [0.2, 0.25) is 0 Å². The van der Waals surface area contributed by atoms with Gasteiger partial charge < -0.3 is 0 Å². The summed E-state index contributed by atoms with van der Waals surface area (Å²) >= 11 is 1.50. The van der Waals surface area contributed by atoms with E-state index in [9.17, 15) is 4.57 Å². The number of rotatable bonds is 0. The van der Waals surface area contributed by atoms with Crippen molar-refractivity contribution in [2.24, 2.45) is 5.92 Å². The second-order valence-electron chi connectivity index (χ2n) is 2.80. The summed E-state index contributed by atoms with van der Waals surface area (Å²) in [6, 6.07) is 0. The molecule has 2 nitrogen and oxygen atoms in total. The molecule has 2 unspecified atom stereocenters. The van der Waals surface area contributed by atoms with E-state index in [4.69, 9.17) is 6.42 Å². The lowest BCUT2D eigenvalue weighted by Crippen LogP contribution is -2.27. The van der Waals surface area contributed by atoms with E-state index in [0.29, 0.717) is 0 Å². The predicted molar refractivity (Wildman–Crippen MR) is 50.9 cm³/mol. The Hall–Kier alpha value is 0.1000. The fourth-order valence-corrected chi connectivity index (χ4v) is 4.46. The van der Waals surface area contributed by atoms with E-state index in [1.807, 2.05) is 11.7 Å². The smallest absolute Gasteiger partial charge is 0.200 e. The molecule has 0 amide bonds. The summed E-state index contributed by atoms with van der Waals surface area (Å²) in [5.74, 6) is 3.80. The molecule has 0 aromatic heterocycles. The molecule has 0 saturated carbocycles. The summed E-state index contributed by atoms with van der Waals surface area (Å²) in [6.45, 7) is 0.497. The van der Waals surface area contributed by atoms with Crippen LogP contribution in [0.25, 0.3) is 0 Å². The van der Waals surface area contributed by atoms with E-state index in [0.717, 1.165) is 12.3 Å². The highest BCUT2D eigenvalue weighted by Gasteiger charge is 2.30. The van der Waals surface area contributed by atoms with Crippen LogP contribution in [0.4, 0.5) is 0 Å². The van der Waals surface area contributed by atoms with E-state index >= 15 is 0 Å². The van der Waals surface area contributed by atoms with Crippen LogP contribution in [0.5, 0.6) is 0 Å². The molecule has 1 fully saturated rings. The van der Waals surface area contributed by atoms with Crippen molar-refractivity contribution < 1.29 is 4.57 Å². The van der Waals surface area contributed by atoms with Crippen molar-refractivity contribution in [2.75, 3.05) is 26.0 Å². The first-order chi connectivity index (χ1) is 5.06. The number of nitrogens with zero attached hydrogens (tertiary/aromatic N) is 1. The molecule has 0 aromatic carbocycles. The van der Waals surface area contributed by atoms with Gasteiger partial charge in [-0.1, -0.05) is 11.4 Å². The van der Waals surface area contributed by atoms with E-state index < -0.39 is 6.49 Å². The van der Waals surface area contributed by atoms with Gasteiger partial charge in [0, 0.05) is 24.9 Å². The summed E-state index contributed by atoms with van der Waals surface area (Å²) in [5.41, 5.74) is 0. The second-order valence-corrected chi connectivity index (χ2v) is 8.49. The summed E-state index contributed by atoms with van der Waals surface area (Å²) in [6.07, 6.45) is 5.27. The van der Waals surface area contributed by atoms with Crippen LogP contribution in [0.2, 0.25) is 0 Å². The largest absolute Gasteiger partial charge is 0.295 e. The van der Waals surface area contributed by atoms with Crippen molar-refractivity contribution in [3.05, 3.63) is 0 Å². The maximum atomic E-state index is 11.6. The third-order valence-corrected chi connectivity index (χ3v) is 7.01. The van der Waals surface area contributed by atoms with Crippen LogP contribution in [0, 0.1) is 18.3 Å². The fraction of sp³-hybridized carbons (Fsp3) is 0.714. The third-order valence-electron chi connectivity index (χ3n) is 1.86. The van der Waals surface area contributed by atoms with E-state index in [1.165, 1.54) is 11.4 Å². The van der Waals surface area contributed by atoms with Gasteiger partial charge in [-0.05, 0) is 7.05 Å². The standard InChI is InChI=1S/C7H12NOPS/c1-4-7-5-8(2)10(3,9)11-6-7/h1,7H,5-6H2,2-3H3. The van der Waals surface area contributed by atoms with Crippen molar-refractivity contribution in [1.82, 2.24) is 4.67 Å². The number of hydrogen-bond acceptors (Lipinski definition) is 2. The minimum absolute atomic E-state index is 0.270. The van der Waals surface area contributed by atoms with Crippen LogP contribution in [-0.4, -0.2) is 30.7 Å². The summed E-state index contributed by atoms with van der Waals surface area (Å²) in [5, 5.41) is 0. The van der Waals surface area contributed by atoms with Gasteiger partial charge >= 0.3 is 0 Å². The van der Waals surface area contributed by atoms with Crippen LogP contribution >= 0.6 is 17.9 Å². The van der Waals surface area contributed by atoms with Crippen LogP contribution in [0.3, 0.4) is 0 Å². The molecule has 1 aliphatic heterocycles. The fourth-order valence-electron chi connectivity index (χ4n) is 0.948. The van der Waals surface area contributed by atoms with Crippen LogP contribution in [-0.2, 0) is 4.57 Å². The van der Waals surface area contributed by atoms with Gasteiger partial charge in [0.15, 0.2) is 6.49 Å². The summed E-state index contributed by atoms with van der Waals surface area (Å²) in [4.78, 5) is 0. The molecule has 0 aromatic rings. The van der Waals surface area contributed by atoms with E-state index in [1.54, 1.807) is 6.66 Å². The van der Waals surface area contributed by atoms with Crippen LogP contribution in [0.15, 0.2) is 0 Å². The van der Waals surface area contributed by atoms with Crippen molar-refractivity contribution in [3.8, 4) is 12.3 Å². The maximum Gasteiger partial charge on any atom is 0.200 e. The zero-order chi connectivity index (χ0) is 8.48. The zero-order valence-corrected chi connectivity index (χ0v) is 8.49. The molecule has 0 N–H and O–H groups in total. The molecule has 0 radical (unpaired) electrons. The van der Waals surface area contributed by atoms with E-state index in [2.05, 4.69) is 5.92 Å². The van der Waals surface area contributed by atoms with Crippen LogP contribution in [0.1, 0.15) is 0 Å². The molecule has 4 heteroatoms. The zero-order valence-electron chi connectivity index (χ0n) is 6.78. The highest BCUT2D eigenvalue weighted by molar-refractivity contribution is 8.57. The molecule has 0 bridgehead atoms. The van der Waals surface area contributed by atoms with Crippen LogP contribution < -0.4 is 0 Å².